The molecule has 6 heteroatoms. The summed E-state index contributed by atoms with van der Waals surface area (Å²) >= 11 is 1.54. The van der Waals surface area contributed by atoms with Gasteiger partial charge in [-0.2, -0.15) is 5.26 Å². The lowest BCUT2D eigenvalue weighted by Crippen LogP contribution is -2.29. The molecule has 1 aromatic carbocycles. The number of nitriles is 1. The van der Waals surface area contributed by atoms with Crippen molar-refractivity contribution in [3.8, 4) is 6.07 Å². The number of thioether (sulfide) groups is 1. The Bertz CT molecular complexity index is 466. The van der Waals surface area contributed by atoms with E-state index in [-0.39, 0.29) is 11.3 Å². The van der Waals surface area contributed by atoms with Gasteiger partial charge in [-0.25, -0.2) is 0 Å². The molecular formula is C10H8N2O3S. The molecule has 1 aliphatic rings. The molecule has 0 bridgehead atoms. The number of nitro groups is 1. The first-order valence-electron chi connectivity index (χ1n) is 4.63. The zero-order valence-electron chi connectivity index (χ0n) is 8.25. The normalized spacial score (nSPS) is 15.2. The maximum atomic E-state index is 10.7. The number of rotatable bonds is 3. The van der Waals surface area contributed by atoms with Gasteiger partial charge in [0.05, 0.1) is 23.4 Å². The van der Waals surface area contributed by atoms with E-state index in [1.165, 1.54) is 12.1 Å². The third kappa shape index (κ3) is 2.15. The minimum atomic E-state index is -0.528. The van der Waals surface area contributed by atoms with Crippen LogP contribution in [0.3, 0.4) is 0 Å². The first-order valence-corrected chi connectivity index (χ1v) is 5.51. The lowest BCUT2D eigenvalue weighted by Gasteiger charge is -2.25. The highest BCUT2D eigenvalue weighted by Crippen LogP contribution is 2.31. The Morgan fingerprint density at radius 2 is 2.31 bits per heavy atom. The maximum Gasteiger partial charge on any atom is 0.288 e. The summed E-state index contributed by atoms with van der Waals surface area (Å²) in [6, 6.07) is 6.47. The van der Waals surface area contributed by atoms with Crippen LogP contribution in [0.15, 0.2) is 23.1 Å². The highest BCUT2D eigenvalue weighted by molar-refractivity contribution is 8.00. The highest BCUT2D eigenvalue weighted by Gasteiger charge is 2.21. The number of ether oxygens (including phenoxy) is 1. The lowest BCUT2D eigenvalue weighted by molar-refractivity contribution is -0.385. The minimum Gasteiger partial charge on any atom is -0.379 e. The molecule has 1 heterocycles. The van der Waals surface area contributed by atoms with Crippen molar-refractivity contribution in [1.82, 2.24) is 0 Å². The Hall–Kier alpha value is -1.58. The second kappa shape index (κ2) is 4.51. The van der Waals surface area contributed by atoms with Crippen molar-refractivity contribution in [3.05, 3.63) is 33.9 Å². The molecule has 0 unspecified atom stereocenters. The number of hydrogen-bond acceptors (Lipinski definition) is 5. The van der Waals surface area contributed by atoms with E-state index in [1.807, 2.05) is 6.07 Å². The van der Waals surface area contributed by atoms with E-state index in [4.69, 9.17) is 10.00 Å². The summed E-state index contributed by atoms with van der Waals surface area (Å²) in [7, 11) is 0. The van der Waals surface area contributed by atoms with Crippen LogP contribution in [0.25, 0.3) is 0 Å². The van der Waals surface area contributed by atoms with Crippen LogP contribution in [0.5, 0.6) is 0 Å². The summed E-state index contributed by atoms with van der Waals surface area (Å²) in [6.07, 6.45) is 0. The van der Waals surface area contributed by atoms with Gasteiger partial charge in [0.1, 0.15) is 11.6 Å². The van der Waals surface area contributed by atoms with Crippen LogP contribution in [0.1, 0.15) is 5.56 Å². The van der Waals surface area contributed by atoms with E-state index in [0.717, 1.165) is 4.90 Å². The van der Waals surface area contributed by atoms with Crippen molar-refractivity contribution in [3.63, 3.8) is 0 Å². The van der Waals surface area contributed by atoms with Gasteiger partial charge in [-0.1, -0.05) is 0 Å². The first kappa shape index (κ1) is 10.9. The quantitative estimate of drug-likeness (QED) is 0.592. The topological polar surface area (TPSA) is 76.2 Å². The van der Waals surface area contributed by atoms with Crippen LogP contribution in [0, 0.1) is 21.4 Å². The average molecular weight is 236 g/mol. The van der Waals surface area contributed by atoms with Crippen molar-refractivity contribution in [2.75, 3.05) is 13.2 Å². The molecule has 1 saturated heterocycles. The summed E-state index contributed by atoms with van der Waals surface area (Å²) < 4.78 is 5.02. The molecule has 0 aromatic heterocycles. The van der Waals surface area contributed by atoms with Crippen LogP contribution in [0.2, 0.25) is 0 Å². The summed E-state index contributed by atoms with van der Waals surface area (Å²) in [4.78, 5) is 11.0. The van der Waals surface area contributed by atoms with Gasteiger partial charge in [-0.3, -0.25) is 10.1 Å². The first-order chi connectivity index (χ1) is 7.70. The van der Waals surface area contributed by atoms with Crippen LogP contribution < -0.4 is 0 Å². The fourth-order valence-electron chi connectivity index (χ4n) is 1.30. The molecule has 0 amide bonds. The summed E-state index contributed by atoms with van der Waals surface area (Å²) in [5, 5.41) is 19.8. The molecule has 1 aromatic rings. The standard InChI is InChI=1S/C10H8N2O3S/c11-4-7-1-2-8(3-10(7)12(13)14)16-9-5-15-6-9/h1-3,9H,5-6H2. The van der Waals surface area contributed by atoms with Crippen LogP contribution in [-0.2, 0) is 4.74 Å². The monoisotopic (exact) mass is 236 g/mol. The molecule has 0 spiro atoms. The Morgan fingerprint density at radius 1 is 1.56 bits per heavy atom. The van der Waals surface area contributed by atoms with Crippen LogP contribution >= 0.6 is 11.8 Å². The van der Waals surface area contributed by atoms with E-state index in [2.05, 4.69) is 0 Å². The van der Waals surface area contributed by atoms with Gasteiger partial charge in [0.15, 0.2) is 0 Å². The van der Waals surface area contributed by atoms with E-state index in [0.29, 0.717) is 18.5 Å². The average Bonchev–Trinajstić information content (AvgIpc) is 2.23. The Kier molecular flexibility index (Phi) is 3.08. The van der Waals surface area contributed by atoms with E-state index >= 15 is 0 Å². The van der Waals surface area contributed by atoms with E-state index in [1.54, 1.807) is 17.8 Å². The maximum absolute atomic E-state index is 10.7. The Balaban J connectivity index is 2.24. The number of nitrogens with zero attached hydrogens (tertiary/aromatic N) is 2. The van der Waals surface area contributed by atoms with Crippen molar-refractivity contribution in [1.29, 1.82) is 5.26 Å². The molecule has 1 aliphatic heterocycles. The van der Waals surface area contributed by atoms with Gasteiger partial charge in [-0.15, -0.1) is 11.8 Å². The molecule has 0 N–H and O–H groups in total. The van der Waals surface area contributed by atoms with Gasteiger partial charge in [0.25, 0.3) is 5.69 Å². The molecular weight excluding hydrogens is 228 g/mol. The molecule has 5 nitrogen and oxygen atoms in total. The molecule has 1 fully saturated rings. The van der Waals surface area contributed by atoms with Crippen LogP contribution in [0.4, 0.5) is 5.69 Å². The van der Waals surface area contributed by atoms with Crippen molar-refractivity contribution >= 4 is 17.4 Å². The molecule has 0 atom stereocenters. The molecule has 0 saturated carbocycles. The zero-order chi connectivity index (χ0) is 11.5. The lowest BCUT2D eigenvalue weighted by atomic mass is 10.2. The smallest absolute Gasteiger partial charge is 0.288 e. The highest BCUT2D eigenvalue weighted by atomic mass is 32.2. The fraction of sp³-hybridized carbons (Fsp3) is 0.300. The SMILES string of the molecule is N#Cc1ccc(SC2COC2)cc1[N+](=O)[O-]. The molecule has 0 radical (unpaired) electrons. The Morgan fingerprint density at radius 3 is 2.81 bits per heavy atom. The van der Waals surface area contributed by atoms with Crippen molar-refractivity contribution < 1.29 is 9.66 Å². The molecule has 2 rings (SSSR count). The molecule has 16 heavy (non-hydrogen) atoms. The third-order valence-electron chi connectivity index (χ3n) is 2.20. The van der Waals surface area contributed by atoms with Crippen molar-refractivity contribution in [2.45, 2.75) is 10.1 Å². The van der Waals surface area contributed by atoms with E-state index < -0.39 is 4.92 Å². The van der Waals surface area contributed by atoms with Gasteiger partial charge in [-0.05, 0) is 12.1 Å². The molecule has 0 aliphatic carbocycles. The summed E-state index contributed by atoms with van der Waals surface area (Å²) in [6.45, 7) is 1.36. The fourth-order valence-corrected chi connectivity index (χ4v) is 2.34. The van der Waals surface area contributed by atoms with Crippen molar-refractivity contribution in [2.24, 2.45) is 0 Å². The van der Waals surface area contributed by atoms with Gasteiger partial charge >= 0.3 is 0 Å². The predicted octanol–water partition coefficient (Wildman–Crippen LogP) is 1.96. The number of benzene rings is 1. The second-order valence-electron chi connectivity index (χ2n) is 3.33. The van der Waals surface area contributed by atoms with Gasteiger partial charge in [0, 0.05) is 11.0 Å². The van der Waals surface area contributed by atoms with Gasteiger partial charge < -0.3 is 4.74 Å². The molecule has 82 valence electrons. The minimum absolute atomic E-state index is 0.0965. The second-order valence-corrected chi connectivity index (χ2v) is 4.70. The third-order valence-corrected chi connectivity index (χ3v) is 3.33. The number of hydrogen-bond donors (Lipinski definition) is 0. The number of nitro benzene ring substituents is 1. The Labute approximate surface area is 96.2 Å². The summed E-state index contributed by atoms with van der Waals surface area (Å²) in [5.41, 5.74) is -0.0352. The van der Waals surface area contributed by atoms with Crippen LogP contribution in [-0.4, -0.2) is 23.4 Å². The summed E-state index contributed by atoms with van der Waals surface area (Å²) in [5.74, 6) is 0. The predicted molar refractivity (Wildman–Crippen MR) is 58.3 cm³/mol. The zero-order valence-corrected chi connectivity index (χ0v) is 9.07. The van der Waals surface area contributed by atoms with E-state index in [9.17, 15) is 10.1 Å². The van der Waals surface area contributed by atoms with Gasteiger partial charge in [0.2, 0.25) is 0 Å². The largest absolute Gasteiger partial charge is 0.379 e.